The molecule has 5 rings (SSSR count). The first kappa shape index (κ1) is 23.7. The summed E-state index contributed by atoms with van der Waals surface area (Å²) in [5.74, 6) is 0.193. The third kappa shape index (κ3) is 4.72. The quantitative estimate of drug-likeness (QED) is 0.287. The summed E-state index contributed by atoms with van der Waals surface area (Å²) in [6.07, 6.45) is 2.65. The van der Waals surface area contributed by atoms with Crippen molar-refractivity contribution in [2.75, 3.05) is 26.2 Å². The average molecular weight is 484 g/mol. The lowest BCUT2D eigenvalue weighted by Gasteiger charge is -2.34. The van der Waals surface area contributed by atoms with Crippen LogP contribution >= 0.6 is 0 Å². The number of amides is 1. The normalized spacial score (nSPS) is 14.3. The van der Waals surface area contributed by atoms with Gasteiger partial charge in [0, 0.05) is 63.0 Å². The molecule has 2 aromatic carbocycles. The van der Waals surface area contributed by atoms with Crippen molar-refractivity contribution in [1.82, 2.24) is 19.2 Å². The number of carbonyl (C=O) groups is 1. The van der Waals surface area contributed by atoms with Gasteiger partial charge < -0.3 is 9.30 Å². The molecule has 8 nitrogen and oxygen atoms in total. The van der Waals surface area contributed by atoms with E-state index in [0.717, 1.165) is 46.8 Å². The number of fused-ring (bicyclic) bond motifs is 1. The van der Waals surface area contributed by atoms with Crippen molar-refractivity contribution in [1.29, 1.82) is 0 Å². The Labute approximate surface area is 209 Å². The Balaban J connectivity index is 1.54. The van der Waals surface area contributed by atoms with Crippen LogP contribution in [0.15, 0.2) is 66.9 Å². The van der Waals surface area contributed by atoms with Gasteiger partial charge in [0.25, 0.3) is 5.69 Å². The highest BCUT2D eigenvalue weighted by molar-refractivity contribution is 5.76. The van der Waals surface area contributed by atoms with Crippen molar-refractivity contribution < 1.29 is 9.72 Å². The van der Waals surface area contributed by atoms with E-state index in [9.17, 15) is 14.9 Å². The van der Waals surface area contributed by atoms with Crippen LogP contribution in [-0.2, 0) is 11.3 Å². The van der Waals surface area contributed by atoms with Crippen LogP contribution in [0.4, 0.5) is 5.69 Å². The number of non-ortho nitro benzene ring substituents is 1. The van der Waals surface area contributed by atoms with Gasteiger partial charge in [-0.25, -0.2) is 4.98 Å². The van der Waals surface area contributed by atoms with E-state index in [4.69, 9.17) is 4.98 Å². The van der Waals surface area contributed by atoms with Gasteiger partial charge in [0.15, 0.2) is 0 Å². The highest BCUT2D eigenvalue weighted by atomic mass is 16.6. The van der Waals surface area contributed by atoms with Crippen LogP contribution < -0.4 is 0 Å². The summed E-state index contributed by atoms with van der Waals surface area (Å²) in [6, 6.07) is 19.1. The predicted molar refractivity (Wildman–Crippen MR) is 140 cm³/mol. The fourth-order valence-electron chi connectivity index (χ4n) is 4.80. The third-order valence-corrected chi connectivity index (χ3v) is 6.82. The van der Waals surface area contributed by atoms with Crippen molar-refractivity contribution in [3.05, 3.63) is 88.2 Å². The number of nitrogens with zero attached hydrogens (tertiary/aromatic N) is 5. The number of hydrogen-bond acceptors (Lipinski definition) is 5. The van der Waals surface area contributed by atoms with E-state index in [0.29, 0.717) is 26.1 Å². The van der Waals surface area contributed by atoms with E-state index in [1.165, 1.54) is 17.7 Å². The van der Waals surface area contributed by atoms with Crippen LogP contribution in [0.3, 0.4) is 0 Å². The first-order valence-electron chi connectivity index (χ1n) is 12.3. The topological polar surface area (TPSA) is 84.0 Å². The Kier molecular flexibility index (Phi) is 6.52. The van der Waals surface area contributed by atoms with Gasteiger partial charge in [0.05, 0.1) is 16.3 Å². The number of aryl methyl sites for hydroxylation is 1. The molecule has 0 radical (unpaired) electrons. The monoisotopic (exact) mass is 483 g/mol. The Hall–Kier alpha value is -4.04. The van der Waals surface area contributed by atoms with E-state index < -0.39 is 0 Å². The van der Waals surface area contributed by atoms with Gasteiger partial charge in [-0.1, -0.05) is 36.8 Å². The molecule has 2 aromatic heterocycles. The lowest BCUT2D eigenvalue weighted by molar-refractivity contribution is -0.384. The zero-order chi connectivity index (χ0) is 25.2. The minimum Gasteiger partial charge on any atom is -0.340 e. The van der Waals surface area contributed by atoms with Crippen molar-refractivity contribution >= 4 is 17.2 Å². The maximum absolute atomic E-state index is 12.1. The van der Waals surface area contributed by atoms with Gasteiger partial charge in [0.1, 0.15) is 5.65 Å². The number of hydrogen-bond donors (Lipinski definition) is 0. The lowest BCUT2D eigenvalue weighted by Crippen LogP contribution is -2.48. The number of nitro benzene ring substituents is 1. The maximum Gasteiger partial charge on any atom is 0.269 e. The Morgan fingerprint density at radius 2 is 1.69 bits per heavy atom. The molecule has 0 unspecified atom stereocenters. The molecular weight excluding hydrogens is 454 g/mol. The van der Waals surface area contributed by atoms with Gasteiger partial charge in [-0.05, 0) is 42.3 Å². The Morgan fingerprint density at radius 3 is 2.36 bits per heavy atom. The zero-order valence-corrected chi connectivity index (χ0v) is 20.6. The summed E-state index contributed by atoms with van der Waals surface area (Å²) in [6.45, 7) is 7.65. The second-order valence-electron chi connectivity index (χ2n) is 9.24. The third-order valence-electron chi connectivity index (χ3n) is 6.82. The number of nitro groups is 1. The lowest BCUT2D eigenvalue weighted by atomic mass is 10.1. The standard InChI is InChI=1S/C28H29N5O3/c1-3-27(34)31-15-13-30(14-16-31)19-25-28(21-7-10-24(11-8-21)33(35)36)29-26-12-9-23(18-32(25)26)22-6-4-5-20(2)17-22/h4-12,17-18H,3,13-16,19H2,1-2H3. The highest BCUT2D eigenvalue weighted by Gasteiger charge is 2.23. The molecule has 0 aliphatic carbocycles. The van der Waals surface area contributed by atoms with Gasteiger partial charge in [-0.2, -0.15) is 0 Å². The molecular formula is C28H29N5O3. The smallest absolute Gasteiger partial charge is 0.269 e. The molecule has 0 saturated carbocycles. The summed E-state index contributed by atoms with van der Waals surface area (Å²) < 4.78 is 2.14. The van der Waals surface area contributed by atoms with E-state index in [-0.39, 0.29) is 16.5 Å². The summed E-state index contributed by atoms with van der Waals surface area (Å²) in [5, 5.41) is 11.2. The van der Waals surface area contributed by atoms with Crippen LogP contribution in [-0.4, -0.2) is 56.2 Å². The number of aromatic nitrogens is 2. The molecule has 8 heteroatoms. The van der Waals surface area contributed by atoms with Gasteiger partial charge in [0.2, 0.25) is 5.91 Å². The maximum atomic E-state index is 12.1. The first-order valence-corrected chi connectivity index (χ1v) is 12.3. The van der Waals surface area contributed by atoms with Gasteiger partial charge in [-0.15, -0.1) is 0 Å². The van der Waals surface area contributed by atoms with Crippen LogP contribution in [0, 0.1) is 17.0 Å². The number of carbonyl (C=O) groups excluding carboxylic acids is 1. The largest absolute Gasteiger partial charge is 0.340 e. The molecule has 1 aliphatic heterocycles. The highest BCUT2D eigenvalue weighted by Crippen LogP contribution is 2.30. The van der Waals surface area contributed by atoms with Crippen molar-refractivity contribution in [2.45, 2.75) is 26.8 Å². The van der Waals surface area contributed by atoms with E-state index >= 15 is 0 Å². The molecule has 1 amide bonds. The minimum absolute atomic E-state index is 0.0579. The molecule has 1 aliphatic rings. The molecule has 0 bridgehead atoms. The Bertz CT molecular complexity index is 1420. The fraction of sp³-hybridized carbons (Fsp3) is 0.286. The van der Waals surface area contributed by atoms with Crippen LogP contribution in [0.5, 0.6) is 0 Å². The molecule has 1 fully saturated rings. The molecule has 3 heterocycles. The van der Waals surface area contributed by atoms with Gasteiger partial charge >= 0.3 is 0 Å². The van der Waals surface area contributed by atoms with Gasteiger partial charge in [-0.3, -0.25) is 19.8 Å². The molecule has 4 aromatic rings. The van der Waals surface area contributed by atoms with E-state index in [1.54, 1.807) is 12.1 Å². The molecule has 184 valence electrons. The number of pyridine rings is 1. The van der Waals surface area contributed by atoms with Crippen LogP contribution in [0.1, 0.15) is 24.6 Å². The summed E-state index contributed by atoms with van der Waals surface area (Å²) in [7, 11) is 0. The predicted octanol–water partition coefficient (Wildman–Crippen LogP) is 4.94. The van der Waals surface area contributed by atoms with E-state index in [2.05, 4.69) is 52.8 Å². The summed E-state index contributed by atoms with van der Waals surface area (Å²) in [4.78, 5) is 32.1. The molecule has 0 spiro atoms. The average Bonchev–Trinajstić information content (AvgIpc) is 3.26. The van der Waals surface area contributed by atoms with Crippen molar-refractivity contribution in [3.8, 4) is 22.4 Å². The molecule has 36 heavy (non-hydrogen) atoms. The van der Waals surface area contributed by atoms with Crippen LogP contribution in [0.25, 0.3) is 28.0 Å². The fourth-order valence-corrected chi connectivity index (χ4v) is 4.80. The second kappa shape index (κ2) is 9.91. The number of piperazine rings is 1. The summed E-state index contributed by atoms with van der Waals surface area (Å²) in [5.41, 5.74) is 7.01. The number of benzene rings is 2. The molecule has 1 saturated heterocycles. The molecule has 0 N–H and O–H groups in total. The van der Waals surface area contributed by atoms with Crippen molar-refractivity contribution in [3.63, 3.8) is 0 Å². The summed E-state index contributed by atoms with van der Waals surface area (Å²) >= 11 is 0. The number of imidazole rings is 1. The van der Waals surface area contributed by atoms with Crippen molar-refractivity contribution in [2.24, 2.45) is 0 Å². The van der Waals surface area contributed by atoms with Crippen LogP contribution in [0.2, 0.25) is 0 Å². The minimum atomic E-state index is -0.389. The zero-order valence-electron chi connectivity index (χ0n) is 20.6. The number of rotatable bonds is 6. The first-order chi connectivity index (χ1) is 17.4. The Morgan fingerprint density at radius 1 is 0.972 bits per heavy atom. The second-order valence-corrected chi connectivity index (χ2v) is 9.24. The molecule has 0 atom stereocenters. The van der Waals surface area contributed by atoms with E-state index in [1.807, 2.05) is 17.9 Å². The SMILES string of the molecule is CCC(=O)N1CCN(Cc2c(-c3ccc([N+](=O)[O-])cc3)nc3ccc(-c4cccc(C)c4)cn23)CC1.